The van der Waals surface area contributed by atoms with Gasteiger partial charge < -0.3 is 4.90 Å². The van der Waals surface area contributed by atoms with Gasteiger partial charge in [-0.2, -0.15) is 0 Å². The molecular weight excluding hydrogens is 466 g/mol. The van der Waals surface area contributed by atoms with Crippen molar-refractivity contribution in [3.63, 3.8) is 0 Å². The number of rotatable bonds is 5. The molecular formula is C30H25N3O4. The second-order valence-electron chi connectivity index (χ2n) is 9.58. The smallest absolute Gasteiger partial charge is 0.270 e. The minimum Gasteiger partial charge on any atom is -0.347 e. The molecule has 0 fully saturated rings. The Morgan fingerprint density at radius 2 is 1.27 bits per heavy atom. The van der Waals surface area contributed by atoms with Crippen molar-refractivity contribution in [2.24, 2.45) is 0 Å². The van der Waals surface area contributed by atoms with Crippen LogP contribution in [-0.2, 0) is 5.41 Å². The van der Waals surface area contributed by atoms with Crippen LogP contribution in [0.5, 0.6) is 0 Å². The van der Waals surface area contributed by atoms with Crippen molar-refractivity contribution < 1.29 is 9.85 Å². The van der Waals surface area contributed by atoms with Crippen molar-refractivity contribution in [3.05, 3.63) is 140 Å². The number of non-ortho nitro benzene ring substituents is 2. The number of hydrogen-bond acceptors (Lipinski definition) is 5. The van der Waals surface area contributed by atoms with Crippen molar-refractivity contribution >= 4 is 22.6 Å². The summed E-state index contributed by atoms with van der Waals surface area (Å²) < 4.78 is 0. The van der Waals surface area contributed by atoms with Gasteiger partial charge in [-0.1, -0.05) is 62.4 Å². The summed E-state index contributed by atoms with van der Waals surface area (Å²) in [7, 11) is 2.07. The molecule has 1 aliphatic heterocycles. The molecule has 5 rings (SSSR count). The fourth-order valence-electron chi connectivity index (χ4n) is 5.26. The summed E-state index contributed by atoms with van der Waals surface area (Å²) in [5.74, 6) is 0. The van der Waals surface area contributed by atoms with E-state index in [0.29, 0.717) is 16.7 Å². The molecule has 0 saturated heterocycles. The Morgan fingerprint density at radius 1 is 0.730 bits per heavy atom. The normalized spacial score (nSPS) is 16.4. The summed E-state index contributed by atoms with van der Waals surface area (Å²) in [6.45, 7) is 4.42. The molecule has 7 heteroatoms. The van der Waals surface area contributed by atoms with E-state index in [1.807, 2.05) is 36.4 Å². The summed E-state index contributed by atoms with van der Waals surface area (Å²) >= 11 is 0. The quantitative estimate of drug-likeness (QED) is 0.165. The Hall–Kier alpha value is -4.78. The van der Waals surface area contributed by atoms with Gasteiger partial charge in [0.2, 0.25) is 0 Å². The van der Waals surface area contributed by atoms with Crippen LogP contribution in [0.25, 0.3) is 16.7 Å². The predicted octanol–water partition coefficient (Wildman–Crippen LogP) is 7.34. The Morgan fingerprint density at radius 3 is 1.81 bits per heavy atom. The van der Waals surface area contributed by atoms with Crippen molar-refractivity contribution in [3.8, 4) is 11.1 Å². The molecule has 0 saturated carbocycles. The van der Waals surface area contributed by atoms with Gasteiger partial charge in [0.05, 0.1) is 9.85 Å². The van der Waals surface area contributed by atoms with E-state index >= 15 is 0 Å². The standard InChI is InChI=1S/C30H25N3O4/c1-30(2)27-11-8-9-12-28(27)31(3)29(30)13-7-5-4-6-10-22-25-18-20(32(34)35)14-16-23(25)24-17-15-21(33(36)37)19-26(22)24/h4-19H,1-3H3/b6-4+,7-5+,29-13+. The van der Waals surface area contributed by atoms with Crippen LogP contribution in [0.2, 0.25) is 0 Å². The van der Waals surface area contributed by atoms with Crippen LogP contribution in [0.15, 0.2) is 103 Å². The molecule has 0 radical (unpaired) electrons. The lowest BCUT2D eigenvalue weighted by molar-refractivity contribution is -0.385. The van der Waals surface area contributed by atoms with Gasteiger partial charge in [-0.3, -0.25) is 20.2 Å². The summed E-state index contributed by atoms with van der Waals surface area (Å²) in [5.41, 5.74) is 7.26. The van der Waals surface area contributed by atoms with Crippen LogP contribution in [0.4, 0.5) is 17.1 Å². The molecule has 3 aromatic carbocycles. The van der Waals surface area contributed by atoms with Crippen LogP contribution < -0.4 is 4.90 Å². The monoisotopic (exact) mass is 491 g/mol. The maximum absolute atomic E-state index is 11.4. The Bertz CT molecular complexity index is 1510. The van der Waals surface area contributed by atoms with E-state index in [2.05, 4.69) is 50.1 Å². The first-order valence-corrected chi connectivity index (χ1v) is 11.9. The first-order chi connectivity index (χ1) is 17.7. The van der Waals surface area contributed by atoms with Crippen LogP contribution in [-0.4, -0.2) is 16.9 Å². The zero-order valence-corrected chi connectivity index (χ0v) is 20.7. The number of allylic oxidation sites excluding steroid dienone is 7. The summed E-state index contributed by atoms with van der Waals surface area (Å²) in [5, 5.41) is 22.7. The number of benzene rings is 3. The number of fused-ring (bicyclic) bond motifs is 4. The number of likely N-dealkylation sites (N-methyl/N-ethyl adjacent to an activating group) is 1. The van der Waals surface area contributed by atoms with Crippen LogP contribution in [0.3, 0.4) is 0 Å². The number of hydrogen-bond donors (Lipinski definition) is 0. The van der Waals surface area contributed by atoms with E-state index in [4.69, 9.17) is 0 Å². The fraction of sp³-hybridized carbons (Fsp3) is 0.133. The Labute approximate surface area is 214 Å². The van der Waals surface area contributed by atoms with E-state index in [0.717, 1.165) is 11.1 Å². The van der Waals surface area contributed by atoms with Gasteiger partial charge in [0.1, 0.15) is 0 Å². The number of para-hydroxylation sites is 1. The molecule has 1 heterocycles. The van der Waals surface area contributed by atoms with E-state index in [-0.39, 0.29) is 16.8 Å². The molecule has 0 unspecified atom stereocenters. The van der Waals surface area contributed by atoms with Gasteiger partial charge in [0.15, 0.2) is 0 Å². The average molecular weight is 492 g/mol. The highest BCUT2D eigenvalue weighted by Gasteiger charge is 2.37. The van der Waals surface area contributed by atoms with Crippen LogP contribution in [0.1, 0.15) is 30.5 Å². The maximum atomic E-state index is 11.4. The van der Waals surface area contributed by atoms with E-state index in [1.54, 1.807) is 12.1 Å². The molecule has 7 nitrogen and oxygen atoms in total. The molecule has 0 atom stereocenters. The van der Waals surface area contributed by atoms with Crippen LogP contribution >= 0.6 is 0 Å². The average Bonchev–Trinajstić information content (AvgIpc) is 3.29. The highest BCUT2D eigenvalue weighted by molar-refractivity contribution is 6.02. The van der Waals surface area contributed by atoms with Crippen molar-refractivity contribution in [1.82, 2.24) is 0 Å². The number of anilines is 1. The van der Waals surface area contributed by atoms with Gasteiger partial charge in [0, 0.05) is 48.1 Å². The Kier molecular flexibility index (Phi) is 5.84. The largest absolute Gasteiger partial charge is 0.347 e. The molecule has 1 aliphatic carbocycles. The lowest BCUT2D eigenvalue weighted by atomic mass is 9.84. The Balaban J connectivity index is 1.46. The molecule has 2 aliphatic rings. The third-order valence-corrected chi connectivity index (χ3v) is 7.09. The van der Waals surface area contributed by atoms with E-state index in [1.165, 1.54) is 41.2 Å². The summed E-state index contributed by atoms with van der Waals surface area (Å²) in [4.78, 5) is 24.1. The molecule has 0 amide bonds. The summed E-state index contributed by atoms with van der Waals surface area (Å²) in [6.07, 6.45) is 11.6. The molecule has 0 aromatic heterocycles. The van der Waals surface area contributed by atoms with Gasteiger partial charge in [-0.05, 0) is 57.7 Å². The van der Waals surface area contributed by atoms with Gasteiger partial charge >= 0.3 is 0 Å². The van der Waals surface area contributed by atoms with Crippen LogP contribution in [0, 0.1) is 20.2 Å². The topological polar surface area (TPSA) is 89.5 Å². The predicted molar refractivity (Wildman–Crippen MR) is 146 cm³/mol. The first-order valence-electron chi connectivity index (χ1n) is 11.9. The fourth-order valence-corrected chi connectivity index (χ4v) is 5.26. The molecule has 0 N–H and O–H groups in total. The zero-order chi connectivity index (χ0) is 26.3. The number of nitro groups is 2. The van der Waals surface area contributed by atoms with E-state index < -0.39 is 9.85 Å². The molecule has 37 heavy (non-hydrogen) atoms. The molecule has 184 valence electrons. The molecule has 0 spiro atoms. The lowest BCUT2D eigenvalue weighted by Crippen LogP contribution is -2.22. The van der Waals surface area contributed by atoms with Gasteiger partial charge in [-0.25, -0.2) is 0 Å². The van der Waals surface area contributed by atoms with Gasteiger partial charge in [-0.15, -0.1) is 0 Å². The van der Waals surface area contributed by atoms with Crippen molar-refractivity contribution in [2.75, 3.05) is 11.9 Å². The zero-order valence-electron chi connectivity index (χ0n) is 20.7. The summed E-state index contributed by atoms with van der Waals surface area (Å²) in [6, 6.07) is 17.8. The molecule has 0 bridgehead atoms. The van der Waals surface area contributed by atoms with Gasteiger partial charge in [0.25, 0.3) is 11.4 Å². The molecule has 3 aromatic rings. The SMILES string of the molecule is CN1/C(=C/C=C/C=C/C=C2c3cc([N+](=O)[O-])ccc3-c3ccc([N+](=O)[O-])cc32)C(C)(C)c2ccccc21. The van der Waals surface area contributed by atoms with Crippen molar-refractivity contribution in [1.29, 1.82) is 0 Å². The highest BCUT2D eigenvalue weighted by Crippen LogP contribution is 2.47. The highest BCUT2D eigenvalue weighted by atomic mass is 16.6. The second kappa shape index (κ2) is 9.02. The minimum absolute atomic E-state index is 0.0215. The third kappa shape index (κ3) is 4.04. The first kappa shape index (κ1) is 23.9. The lowest BCUT2D eigenvalue weighted by Gasteiger charge is -2.23. The number of nitro benzene ring substituents is 2. The maximum Gasteiger partial charge on any atom is 0.270 e. The third-order valence-electron chi connectivity index (χ3n) is 7.09. The number of nitrogens with zero attached hydrogens (tertiary/aromatic N) is 3. The van der Waals surface area contributed by atoms with E-state index in [9.17, 15) is 20.2 Å². The van der Waals surface area contributed by atoms with Crippen molar-refractivity contribution in [2.45, 2.75) is 19.3 Å². The second-order valence-corrected chi connectivity index (χ2v) is 9.58. The minimum atomic E-state index is -0.435.